The van der Waals surface area contributed by atoms with Gasteiger partial charge in [-0.3, -0.25) is 4.79 Å². The van der Waals surface area contributed by atoms with Crippen LogP contribution in [0.3, 0.4) is 0 Å². The lowest BCUT2D eigenvalue weighted by molar-refractivity contribution is 0.0659. The molecule has 1 fully saturated rings. The van der Waals surface area contributed by atoms with E-state index in [0.717, 1.165) is 25.9 Å². The summed E-state index contributed by atoms with van der Waals surface area (Å²) in [5.41, 5.74) is 0. The van der Waals surface area contributed by atoms with Crippen LogP contribution in [0.1, 0.15) is 40.4 Å². The van der Waals surface area contributed by atoms with Gasteiger partial charge in [-0.05, 0) is 31.4 Å². The molecule has 0 spiro atoms. The molecule has 18 heavy (non-hydrogen) atoms. The van der Waals surface area contributed by atoms with E-state index in [1.54, 1.807) is 0 Å². The molecule has 2 heterocycles. The van der Waals surface area contributed by atoms with Crippen LogP contribution in [0.2, 0.25) is 0 Å². The fraction of sp³-hybridized carbons (Fsp3) is 0.500. The Morgan fingerprint density at radius 2 is 2.17 bits per heavy atom. The molecule has 0 saturated carbocycles. The molecule has 0 aromatic carbocycles. The summed E-state index contributed by atoms with van der Waals surface area (Å²) in [7, 11) is 0. The molecule has 1 aromatic rings. The van der Waals surface area contributed by atoms with Crippen LogP contribution in [-0.4, -0.2) is 36.2 Å². The Morgan fingerprint density at radius 1 is 1.39 bits per heavy atom. The number of nitrogens with one attached hydrogen (secondary N) is 1. The number of ether oxygens (including phenoxy) is 1. The minimum atomic E-state index is -1.19. The number of furan rings is 1. The first-order chi connectivity index (χ1) is 8.66. The summed E-state index contributed by atoms with van der Waals surface area (Å²) in [5, 5.41) is 11.3. The molecule has 1 aliphatic rings. The summed E-state index contributed by atoms with van der Waals surface area (Å²) in [5.74, 6) is -1.81. The summed E-state index contributed by atoms with van der Waals surface area (Å²) < 4.78 is 10.3. The molecular weight excluding hydrogens is 238 g/mol. The number of carboxylic acids is 1. The van der Waals surface area contributed by atoms with E-state index >= 15 is 0 Å². The Kier molecular flexibility index (Phi) is 3.99. The summed E-state index contributed by atoms with van der Waals surface area (Å²) in [6, 6.07) is 2.61. The van der Waals surface area contributed by atoms with Gasteiger partial charge in [-0.15, -0.1) is 0 Å². The van der Waals surface area contributed by atoms with Crippen molar-refractivity contribution in [2.24, 2.45) is 0 Å². The first kappa shape index (κ1) is 12.6. The highest BCUT2D eigenvalue weighted by atomic mass is 16.5. The normalized spacial score (nSPS) is 18.8. The van der Waals surface area contributed by atoms with E-state index in [1.807, 2.05) is 0 Å². The zero-order valence-corrected chi connectivity index (χ0v) is 9.85. The standard InChI is InChI=1S/C12H15NO5/c14-11(9-3-4-10(18-9)12(15)16)13-6-5-8-2-1-7-17-8/h3-4,8H,1-2,5-7H2,(H,13,14)(H,15,16)/t8-/m0/s1. The average molecular weight is 253 g/mol. The van der Waals surface area contributed by atoms with Crippen LogP contribution in [0.4, 0.5) is 0 Å². The van der Waals surface area contributed by atoms with Gasteiger partial charge in [0.15, 0.2) is 5.76 Å². The van der Waals surface area contributed by atoms with Gasteiger partial charge in [0.05, 0.1) is 6.10 Å². The fourth-order valence-corrected chi connectivity index (χ4v) is 1.88. The summed E-state index contributed by atoms with van der Waals surface area (Å²) >= 11 is 0. The van der Waals surface area contributed by atoms with Crippen LogP contribution in [0, 0.1) is 0 Å². The molecule has 1 saturated heterocycles. The smallest absolute Gasteiger partial charge is 0.371 e. The summed E-state index contributed by atoms with van der Waals surface area (Å²) in [6.45, 7) is 1.28. The number of carbonyl (C=O) groups is 2. The van der Waals surface area contributed by atoms with Crippen LogP contribution in [0.15, 0.2) is 16.5 Å². The van der Waals surface area contributed by atoms with Crippen molar-refractivity contribution in [2.45, 2.75) is 25.4 Å². The van der Waals surface area contributed by atoms with E-state index in [9.17, 15) is 9.59 Å². The Bertz CT molecular complexity index is 433. The lowest BCUT2D eigenvalue weighted by atomic mass is 10.2. The summed E-state index contributed by atoms with van der Waals surface area (Å²) in [6.07, 6.45) is 3.08. The van der Waals surface area contributed by atoms with E-state index in [1.165, 1.54) is 12.1 Å². The van der Waals surface area contributed by atoms with E-state index < -0.39 is 11.9 Å². The van der Waals surface area contributed by atoms with E-state index in [2.05, 4.69) is 5.32 Å². The van der Waals surface area contributed by atoms with Crippen LogP contribution in [-0.2, 0) is 4.74 Å². The van der Waals surface area contributed by atoms with E-state index in [4.69, 9.17) is 14.3 Å². The number of amides is 1. The lowest BCUT2D eigenvalue weighted by Gasteiger charge is -2.09. The molecule has 1 atom stereocenters. The number of hydrogen-bond donors (Lipinski definition) is 2. The number of aromatic carboxylic acids is 1. The largest absolute Gasteiger partial charge is 0.475 e. The van der Waals surface area contributed by atoms with Crippen LogP contribution >= 0.6 is 0 Å². The third-order valence-corrected chi connectivity index (χ3v) is 2.82. The van der Waals surface area contributed by atoms with Crippen LogP contribution in [0.5, 0.6) is 0 Å². The van der Waals surface area contributed by atoms with Crippen molar-refractivity contribution in [1.82, 2.24) is 5.32 Å². The van der Waals surface area contributed by atoms with Crippen molar-refractivity contribution in [2.75, 3.05) is 13.2 Å². The van der Waals surface area contributed by atoms with Crippen molar-refractivity contribution < 1.29 is 23.8 Å². The quantitative estimate of drug-likeness (QED) is 0.825. The lowest BCUT2D eigenvalue weighted by Crippen LogP contribution is -2.26. The molecule has 0 bridgehead atoms. The average Bonchev–Trinajstić information content (AvgIpc) is 2.99. The minimum absolute atomic E-state index is 0.0136. The molecule has 0 radical (unpaired) electrons. The number of hydrogen-bond acceptors (Lipinski definition) is 4. The van der Waals surface area contributed by atoms with Gasteiger partial charge < -0.3 is 19.6 Å². The third kappa shape index (κ3) is 3.10. The Morgan fingerprint density at radius 3 is 2.78 bits per heavy atom. The molecule has 98 valence electrons. The Labute approximate surface area is 104 Å². The van der Waals surface area contributed by atoms with Crippen LogP contribution < -0.4 is 5.32 Å². The molecule has 2 N–H and O–H groups in total. The second-order valence-corrected chi connectivity index (χ2v) is 4.15. The molecule has 0 aliphatic carbocycles. The molecule has 1 amide bonds. The highest BCUT2D eigenvalue weighted by molar-refractivity contribution is 5.93. The second-order valence-electron chi connectivity index (χ2n) is 4.15. The van der Waals surface area contributed by atoms with Crippen molar-refractivity contribution in [1.29, 1.82) is 0 Å². The highest BCUT2D eigenvalue weighted by Gasteiger charge is 2.17. The predicted molar refractivity (Wildman–Crippen MR) is 61.6 cm³/mol. The maximum atomic E-state index is 11.6. The van der Waals surface area contributed by atoms with Crippen LogP contribution in [0.25, 0.3) is 0 Å². The molecular formula is C12H15NO5. The van der Waals surface area contributed by atoms with Gasteiger partial charge in [-0.25, -0.2) is 4.79 Å². The van der Waals surface area contributed by atoms with Gasteiger partial charge in [0.25, 0.3) is 5.91 Å². The molecule has 0 unspecified atom stereocenters. The van der Waals surface area contributed by atoms with Gasteiger partial charge in [0, 0.05) is 13.2 Å². The van der Waals surface area contributed by atoms with Gasteiger partial charge in [-0.2, -0.15) is 0 Å². The summed E-state index contributed by atoms with van der Waals surface area (Å²) in [4.78, 5) is 22.2. The molecule has 1 aromatic heterocycles. The molecule has 6 heteroatoms. The number of carbonyl (C=O) groups excluding carboxylic acids is 1. The number of carboxylic acid groups (broad SMARTS) is 1. The molecule has 6 nitrogen and oxygen atoms in total. The van der Waals surface area contributed by atoms with Crippen molar-refractivity contribution in [3.05, 3.63) is 23.7 Å². The first-order valence-corrected chi connectivity index (χ1v) is 5.90. The monoisotopic (exact) mass is 253 g/mol. The van der Waals surface area contributed by atoms with Gasteiger partial charge >= 0.3 is 5.97 Å². The molecule has 1 aliphatic heterocycles. The maximum Gasteiger partial charge on any atom is 0.371 e. The van der Waals surface area contributed by atoms with Crippen molar-refractivity contribution >= 4 is 11.9 Å². The zero-order chi connectivity index (χ0) is 13.0. The van der Waals surface area contributed by atoms with Gasteiger partial charge in [0.1, 0.15) is 0 Å². The topological polar surface area (TPSA) is 88.8 Å². The fourth-order valence-electron chi connectivity index (χ4n) is 1.88. The predicted octanol–water partition coefficient (Wildman–Crippen LogP) is 1.28. The van der Waals surface area contributed by atoms with Crippen molar-refractivity contribution in [3.8, 4) is 0 Å². The van der Waals surface area contributed by atoms with Gasteiger partial charge in [-0.1, -0.05) is 0 Å². The molecule has 2 rings (SSSR count). The third-order valence-electron chi connectivity index (χ3n) is 2.82. The van der Waals surface area contributed by atoms with E-state index in [-0.39, 0.29) is 17.6 Å². The number of rotatable bonds is 5. The minimum Gasteiger partial charge on any atom is -0.475 e. The SMILES string of the molecule is O=C(O)c1ccc(C(=O)NCC[C@@H]2CCCO2)o1. The zero-order valence-electron chi connectivity index (χ0n) is 9.85. The first-order valence-electron chi connectivity index (χ1n) is 5.90. The Hall–Kier alpha value is -1.82. The van der Waals surface area contributed by atoms with Crippen molar-refractivity contribution in [3.63, 3.8) is 0 Å². The highest BCUT2D eigenvalue weighted by Crippen LogP contribution is 2.14. The van der Waals surface area contributed by atoms with E-state index in [0.29, 0.717) is 6.54 Å². The Balaban J connectivity index is 1.77. The van der Waals surface area contributed by atoms with Gasteiger partial charge in [0.2, 0.25) is 5.76 Å². The second kappa shape index (κ2) is 5.68. The maximum absolute atomic E-state index is 11.6.